The Morgan fingerprint density at radius 1 is 1.32 bits per heavy atom. The predicted octanol–water partition coefficient (Wildman–Crippen LogP) is 3.54. The number of benzene rings is 1. The van der Waals surface area contributed by atoms with Crippen LogP contribution >= 0.6 is 11.3 Å². The summed E-state index contributed by atoms with van der Waals surface area (Å²) in [6, 6.07) is 7.15. The number of carbonyl (C=O) groups is 1. The van der Waals surface area contributed by atoms with Crippen LogP contribution in [0.4, 0.5) is 10.5 Å². The van der Waals surface area contributed by atoms with Crippen LogP contribution in [-0.4, -0.2) is 24.2 Å². The maximum absolute atomic E-state index is 11.8. The first-order valence-corrected chi connectivity index (χ1v) is 8.22. The molecule has 0 radical (unpaired) electrons. The van der Waals surface area contributed by atoms with E-state index in [2.05, 4.69) is 29.5 Å². The topological polar surface area (TPSA) is 63.2 Å². The highest BCUT2D eigenvalue weighted by Gasteiger charge is 2.03. The summed E-state index contributed by atoms with van der Waals surface area (Å²) in [6.45, 7) is 5.45. The van der Waals surface area contributed by atoms with E-state index in [9.17, 15) is 4.79 Å². The predicted molar refractivity (Wildman–Crippen MR) is 89.6 cm³/mol. The number of amides is 2. The Balaban J connectivity index is 1.71. The van der Waals surface area contributed by atoms with Gasteiger partial charge < -0.3 is 15.4 Å². The largest absolute Gasteiger partial charge is 0.493 e. The summed E-state index contributed by atoms with van der Waals surface area (Å²) in [5, 5.41) is 7.58. The van der Waals surface area contributed by atoms with Crippen molar-refractivity contribution in [1.82, 2.24) is 10.3 Å². The average Bonchev–Trinajstić information content (AvgIpc) is 3.00. The molecule has 1 aromatic heterocycles. The summed E-state index contributed by atoms with van der Waals surface area (Å²) in [7, 11) is 0. The zero-order chi connectivity index (χ0) is 15.8. The molecule has 0 aliphatic carbocycles. The van der Waals surface area contributed by atoms with Crippen LogP contribution in [0, 0.1) is 5.92 Å². The molecule has 2 amide bonds. The number of hydrogen-bond donors (Lipinski definition) is 2. The Labute approximate surface area is 134 Å². The molecule has 0 spiro atoms. The van der Waals surface area contributed by atoms with E-state index in [0.29, 0.717) is 19.1 Å². The van der Waals surface area contributed by atoms with Crippen molar-refractivity contribution >= 4 is 23.1 Å². The zero-order valence-electron chi connectivity index (χ0n) is 12.8. The highest BCUT2D eigenvalue weighted by atomic mass is 32.1. The van der Waals surface area contributed by atoms with E-state index >= 15 is 0 Å². The fourth-order valence-electron chi connectivity index (χ4n) is 1.74. The lowest BCUT2D eigenvalue weighted by atomic mass is 10.2. The van der Waals surface area contributed by atoms with Crippen LogP contribution in [0.3, 0.4) is 0 Å². The normalized spacial score (nSPS) is 10.5. The fourth-order valence-corrected chi connectivity index (χ4v) is 2.33. The lowest BCUT2D eigenvalue weighted by Crippen LogP contribution is -2.30. The summed E-state index contributed by atoms with van der Waals surface area (Å²) in [4.78, 5) is 15.9. The fraction of sp³-hybridized carbons (Fsp3) is 0.375. The molecule has 6 heteroatoms. The lowest BCUT2D eigenvalue weighted by molar-refractivity contribution is 0.252. The highest BCUT2D eigenvalue weighted by molar-refractivity contribution is 7.07. The molecule has 0 saturated carbocycles. The molecule has 0 aliphatic rings. The van der Waals surface area contributed by atoms with Crippen molar-refractivity contribution in [3.05, 3.63) is 40.8 Å². The molecule has 0 aliphatic heterocycles. The number of hydrogen-bond acceptors (Lipinski definition) is 4. The van der Waals surface area contributed by atoms with Gasteiger partial charge in [-0.15, -0.1) is 11.3 Å². The maximum atomic E-state index is 11.8. The monoisotopic (exact) mass is 319 g/mol. The molecule has 2 N–H and O–H groups in total. The smallest absolute Gasteiger partial charge is 0.319 e. The van der Waals surface area contributed by atoms with Crippen molar-refractivity contribution in [3.8, 4) is 5.75 Å². The van der Waals surface area contributed by atoms with Gasteiger partial charge in [0.05, 0.1) is 17.8 Å². The zero-order valence-corrected chi connectivity index (χ0v) is 13.7. The first kappa shape index (κ1) is 16.3. The van der Waals surface area contributed by atoms with Crippen molar-refractivity contribution in [2.24, 2.45) is 5.92 Å². The molecule has 22 heavy (non-hydrogen) atoms. The standard InChI is InChI=1S/C16H21N3O2S/c1-12(2)9-21-15-5-3-13(4-6-15)19-16(20)17-8-7-14-10-22-11-18-14/h3-6,10-12H,7-9H2,1-2H3,(H2,17,19,20). The highest BCUT2D eigenvalue weighted by Crippen LogP contribution is 2.16. The summed E-state index contributed by atoms with van der Waals surface area (Å²) in [6.07, 6.45) is 0.735. The van der Waals surface area contributed by atoms with Gasteiger partial charge in [0, 0.05) is 24.0 Å². The number of urea groups is 1. The molecule has 2 aromatic rings. The molecule has 1 heterocycles. The average molecular weight is 319 g/mol. The molecule has 0 fully saturated rings. The minimum absolute atomic E-state index is 0.217. The van der Waals surface area contributed by atoms with Gasteiger partial charge >= 0.3 is 6.03 Å². The van der Waals surface area contributed by atoms with Crippen molar-refractivity contribution in [3.63, 3.8) is 0 Å². The van der Waals surface area contributed by atoms with Crippen LogP contribution in [0.2, 0.25) is 0 Å². The second-order valence-corrected chi connectivity index (χ2v) is 6.06. The molecule has 5 nitrogen and oxygen atoms in total. The molecule has 0 saturated heterocycles. The van der Waals surface area contributed by atoms with Gasteiger partial charge in [-0.05, 0) is 30.2 Å². The summed E-state index contributed by atoms with van der Waals surface area (Å²) >= 11 is 1.56. The van der Waals surface area contributed by atoms with Gasteiger partial charge in [0.1, 0.15) is 5.75 Å². The van der Waals surface area contributed by atoms with Gasteiger partial charge in [-0.25, -0.2) is 9.78 Å². The maximum Gasteiger partial charge on any atom is 0.319 e. The number of rotatable bonds is 7. The lowest BCUT2D eigenvalue weighted by Gasteiger charge is -2.10. The van der Waals surface area contributed by atoms with Crippen LogP contribution in [0.1, 0.15) is 19.5 Å². The Bertz CT molecular complexity index is 568. The summed E-state index contributed by atoms with van der Waals surface area (Å²) < 4.78 is 5.60. The van der Waals surface area contributed by atoms with Gasteiger partial charge in [0.25, 0.3) is 0 Å². The van der Waals surface area contributed by atoms with Crippen molar-refractivity contribution < 1.29 is 9.53 Å². The van der Waals surface area contributed by atoms with Gasteiger partial charge in [-0.1, -0.05) is 13.8 Å². The second kappa shape index (κ2) is 8.38. The van der Waals surface area contributed by atoms with E-state index in [1.165, 1.54) is 0 Å². The van der Waals surface area contributed by atoms with E-state index < -0.39 is 0 Å². The van der Waals surface area contributed by atoms with Crippen molar-refractivity contribution in [2.45, 2.75) is 20.3 Å². The molecule has 2 rings (SSSR count). The van der Waals surface area contributed by atoms with E-state index in [-0.39, 0.29) is 6.03 Å². The third-order valence-electron chi connectivity index (χ3n) is 2.85. The van der Waals surface area contributed by atoms with Crippen molar-refractivity contribution in [1.29, 1.82) is 0 Å². The van der Waals surface area contributed by atoms with Crippen LogP contribution < -0.4 is 15.4 Å². The molecule has 118 valence electrons. The number of ether oxygens (including phenoxy) is 1. The van der Waals surface area contributed by atoms with Gasteiger partial charge in [0.15, 0.2) is 0 Å². The first-order valence-electron chi connectivity index (χ1n) is 7.28. The second-order valence-electron chi connectivity index (χ2n) is 5.34. The van der Waals surface area contributed by atoms with E-state index in [1.807, 2.05) is 29.6 Å². The van der Waals surface area contributed by atoms with Gasteiger partial charge in [-0.2, -0.15) is 0 Å². The quantitative estimate of drug-likeness (QED) is 0.820. The van der Waals surface area contributed by atoms with Crippen LogP contribution in [-0.2, 0) is 6.42 Å². The Kier molecular flexibility index (Phi) is 6.21. The molecule has 1 aromatic carbocycles. The number of nitrogens with zero attached hydrogens (tertiary/aromatic N) is 1. The summed E-state index contributed by atoms with van der Waals surface area (Å²) in [5.41, 5.74) is 3.53. The molecule has 0 unspecified atom stereocenters. The molecular weight excluding hydrogens is 298 g/mol. The Hall–Kier alpha value is -2.08. The number of carbonyl (C=O) groups excluding carboxylic acids is 1. The SMILES string of the molecule is CC(C)COc1ccc(NC(=O)NCCc2cscn2)cc1. The van der Waals surface area contributed by atoms with E-state index in [0.717, 1.165) is 23.6 Å². The van der Waals surface area contributed by atoms with Gasteiger partial charge in [0.2, 0.25) is 0 Å². The molecule has 0 bridgehead atoms. The summed E-state index contributed by atoms with van der Waals surface area (Å²) in [5.74, 6) is 1.30. The minimum Gasteiger partial charge on any atom is -0.493 e. The Morgan fingerprint density at radius 2 is 2.09 bits per heavy atom. The number of nitrogens with one attached hydrogen (secondary N) is 2. The van der Waals surface area contributed by atoms with E-state index in [4.69, 9.17) is 4.74 Å². The van der Waals surface area contributed by atoms with Gasteiger partial charge in [-0.3, -0.25) is 0 Å². The third-order valence-corrected chi connectivity index (χ3v) is 3.48. The number of thiazole rings is 1. The van der Waals surface area contributed by atoms with Crippen LogP contribution in [0.25, 0.3) is 0 Å². The molecule has 0 atom stereocenters. The number of aromatic nitrogens is 1. The van der Waals surface area contributed by atoms with E-state index in [1.54, 1.807) is 16.8 Å². The first-order chi connectivity index (χ1) is 10.6. The van der Waals surface area contributed by atoms with Crippen LogP contribution in [0.15, 0.2) is 35.2 Å². The Morgan fingerprint density at radius 3 is 2.73 bits per heavy atom. The van der Waals surface area contributed by atoms with Crippen LogP contribution in [0.5, 0.6) is 5.75 Å². The minimum atomic E-state index is -0.217. The van der Waals surface area contributed by atoms with Crippen molar-refractivity contribution in [2.75, 3.05) is 18.5 Å². The number of anilines is 1. The molecular formula is C16H21N3O2S. The third kappa shape index (κ3) is 5.73.